The molecule has 1 aromatic heterocycles. The Morgan fingerprint density at radius 1 is 1.17 bits per heavy atom. The molecule has 2 aromatic carbocycles. The van der Waals surface area contributed by atoms with Gasteiger partial charge in [-0.15, -0.1) is 5.10 Å². The summed E-state index contributed by atoms with van der Waals surface area (Å²) >= 11 is 1.55. The van der Waals surface area contributed by atoms with E-state index in [0.29, 0.717) is 11.7 Å². The van der Waals surface area contributed by atoms with Gasteiger partial charge in [0.25, 0.3) is 0 Å². The zero-order chi connectivity index (χ0) is 20.9. The third-order valence-electron chi connectivity index (χ3n) is 5.16. The van der Waals surface area contributed by atoms with E-state index in [4.69, 9.17) is 4.74 Å². The molecule has 2 heterocycles. The van der Waals surface area contributed by atoms with Crippen molar-refractivity contribution in [1.82, 2.24) is 20.1 Å². The Hall–Kier alpha value is -2.55. The van der Waals surface area contributed by atoms with Gasteiger partial charge in [-0.2, -0.15) is 0 Å². The zero-order valence-electron chi connectivity index (χ0n) is 17.2. The SMILES string of the molecule is CN(C)c1ccc([C@@H]2NC[C@H](CSc3n[nH]c(=O)n3CCc3ccccc3)O2)cc1. The van der Waals surface area contributed by atoms with Crippen LogP contribution in [0.2, 0.25) is 0 Å². The molecule has 0 saturated carbocycles. The van der Waals surface area contributed by atoms with Crippen LogP contribution < -0.4 is 15.9 Å². The van der Waals surface area contributed by atoms with E-state index in [0.717, 1.165) is 30.0 Å². The van der Waals surface area contributed by atoms with Crippen molar-refractivity contribution in [3.8, 4) is 0 Å². The lowest BCUT2D eigenvalue weighted by atomic mass is 10.1. The van der Waals surface area contributed by atoms with Crippen molar-refractivity contribution in [2.45, 2.75) is 30.5 Å². The number of hydrogen-bond donors (Lipinski definition) is 2. The molecular weight excluding hydrogens is 398 g/mol. The number of aryl methyl sites for hydroxylation is 1. The van der Waals surface area contributed by atoms with Crippen molar-refractivity contribution in [1.29, 1.82) is 0 Å². The second-order valence-corrected chi connectivity index (χ2v) is 8.53. The molecule has 0 spiro atoms. The van der Waals surface area contributed by atoms with Crippen LogP contribution in [0.3, 0.4) is 0 Å². The number of H-pyrrole nitrogens is 1. The van der Waals surface area contributed by atoms with Crippen LogP contribution in [0.5, 0.6) is 0 Å². The number of anilines is 1. The molecule has 2 N–H and O–H groups in total. The lowest BCUT2D eigenvalue weighted by Gasteiger charge is -2.16. The molecule has 1 aliphatic rings. The van der Waals surface area contributed by atoms with Gasteiger partial charge in [0, 0.05) is 38.6 Å². The summed E-state index contributed by atoms with van der Waals surface area (Å²) in [5, 5.41) is 10.9. The van der Waals surface area contributed by atoms with Gasteiger partial charge < -0.3 is 9.64 Å². The minimum Gasteiger partial charge on any atom is -0.378 e. The van der Waals surface area contributed by atoms with Crippen LogP contribution in [0.4, 0.5) is 5.69 Å². The second-order valence-electron chi connectivity index (χ2n) is 7.54. The first-order chi connectivity index (χ1) is 14.6. The van der Waals surface area contributed by atoms with Crippen molar-refractivity contribution in [2.24, 2.45) is 0 Å². The molecule has 0 radical (unpaired) electrons. The minimum atomic E-state index is -0.169. The van der Waals surface area contributed by atoms with Gasteiger partial charge in [0.05, 0.1) is 6.10 Å². The average Bonchev–Trinajstić information content (AvgIpc) is 3.38. The van der Waals surface area contributed by atoms with Gasteiger partial charge in [0.1, 0.15) is 6.23 Å². The second kappa shape index (κ2) is 9.51. The summed E-state index contributed by atoms with van der Waals surface area (Å²) in [4.78, 5) is 14.2. The number of aromatic amines is 1. The topological polar surface area (TPSA) is 75.2 Å². The van der Waals surface area contributed by atoms with Crippen LogP contribution in [0.1, 0.15) is 17.4 Å². The van der Waals surface area contributed by atoms with Crippen molar-refractivity contribution in [2.75, 3.05) is 31.3 Å². The highest BCUT2D eigenvalue weighted by atomic mass is 32.2. The van der Waals surface area contributed by atoms with Crippen molar-refractivity contribution in [3.63, 3.8) is 0 Å². The average molecular weight is 426 g/mol. The van der Waals surface area contributed by atoms with Crippen molar-refractivity contribution in [3.05, 3.63) is 76.2 Å². The monoisotopic (exact) mass is 425 g/mol. The molecule has 0 amide bonds. The molecule has 0 aliphatic carbocycles. The molecule has 1 aliphatic heterocycles. The summed E-state index contributed by atoms with van der Waals surface area (Å²) in [6, 6.07) is 18.5. The van der Waals surface area contributed by atoms with Crippen LogP contribution in [0, 0.1) is 0 Å². The number of ether oxygens (including phenoxy) is 1. The third kappa shape index (κ3) is 4.95. The van der Waals surface area contributed by atoms with E-state index in [1.165, 1.54) is 5.56 Å². The molecule has 1 fully saturated rings. The van der Waals surface area contributed by atoms with E-state index in [1.54, 1.807) is 16.3 Å². The quantitative estimate of drug-likeness (QED) is 0.541. The van der Waals surface area contributed by atoms with E-state index < -0.39 is 0 Å². The zero-order valence-corrected chi connectivity index (χ0v) is 18.1. The molecule has 3 aromatic rings. The molecule has 0 bridgehead atoms. The van der Waals surface area contributed by atoms with Gasteiger partial charge in [-0.05, 0) is 29.7 Å². The lowest BCUT2D eigenvalue weighted by molar-refractivity contribution is 0.0534. The van der Waals surface area contributed by atoms with Gasteiger partial charge in [0.2, 0.25) is 0 Å². The highest BCUT2D eigenvalue weighted by molar-refractivity contribution is 7.99. The standard InChI is InChI=1S/C22H27N5O2S/c1-26(2)18-10-8-17(9-11-18)20-23-14-19(29-20)15-30-22-25-24-21(28)27(22)13-12-16-6-4-3-5-7-16/h3-11,19-20,23H,12-15H2,1-2H3,(H,24,28)/t19-,20-/m1/s1. The van der Waals surface area contributed by atoms with E-state index >= 15 is 0 Å². The Balaban J connectivity index is 1.32. The maximum Gasteiger partial charge on any atom is 0.343 e. The van der Waals surface area contributed by atoms with Crippen LogP contribution >= 0.6 is 11.8 Å². The van der Waals surface area contributed by atoms with E-state index in [2.05, 4.69) is 56.8 Å². The Morgan fingerprint density at radius 2 is 1.93 bits per heavy atom. The first-order valence-corrected chi connectivity index (χ1v) is 11.1. The van der Waals surface area contributed by atoms with Gasteiger partial charge in [-0.3, -0.25) is 9.88 Å². The number of nitrogens with one attached hydrogen (secondary N) is 2. The highest BCUT2D eigenvalue weighted by Gasteiger charge is 2.26. The smallest absolute Gasteiger partial charge is 0.343 e. The first-order valence-electron chi connectivity index (χ1n) is 10.1. The first kappa shape index (κ1) is 20.7. The molecule has 2 atom stereocenters. The Bertz CT molecular complexity index is 1000. The van der Waals surface area contributed by atoms with Crippen LogP contribution in [0.25, 0.3) is 0 Å². The number of aromatic nitrogens is 3. The molecule has 0 unspecified atom stereocenters. The molecule has 4 rings (SSSR count). The summed E-state index contributed by atoms with van der Waals surface area (Å²) in [6.07, 6.45) is 0.745. The molecular formula is C22H27N5O2S. The fraction of sp³-hybridized carbons (Fsp3) is 0.364. The molecule has 8 heteroatoms. The minimum absolute atomic E-state index is 0.0582. The fourth-order valence-electron chi connectivity index (χ4n) is 3.43. The van der Waals surface area contributed by atoms with E-state index in [9.17, 15) is 4.79 Å². The summed E-state index contributed by atoms with van der Waals surface area (Å²) in [5.74, 6) is 0.731. The summed E-state index contributed by atoms with van der Waals surface area (Å²) in [7, 11) is 4.06. The number of rotatable bonds is 8. The highest BCUT2D eigenvalue weighted by Crippen LogP contribution is 2.26. The van der Waals surface area contributed by atoms with E-state index in [1.807, 2.05) is 32.3 Å². The normalized spacial score (nSPS) is 18.6. The predicted molar refractivity (Wildman–Crippen MR) is 120 cm³/mol. The summed E-state index contributed by atoms with van der Waals surface area (Å²) in [5.41, 5.74) is 3.31. The largest absolute Gasteiger partial charge is 0.378 e. The summed E-state index contributed by atoms with van der Waals surface area (Å²) in [6.45, 7) is 1.37. The maximum atomic E-state index is 12.2. The van der Waals surface area contributed by atoms with E-state index in [-0.39, 0.29) is 18.0 Å². The molecule has 7 nitrogen and oxygen atoms in total. The summed E-state index contributed by atoms with van der Waals surface area (Å²) < 4.78 is 7.88. The van der Waals surface area contributed by atoms with Crippen LogP contribution in [-0.2, 0) is 17.7 Å². The third-order valence-corrected chi connectivity index (χ3v) is 6.27. The number of nitrogens with zero attached hydrogens (tertiary/aromatic N) is 3. The molecule has 158 valence electrons. The Morgan fingerprint density at radius 3 is 2.67 bits per heavy atom. The predicted octanol–water partition coefficient (Wildman–Crippen LogP) is 2.66. The molecule has 30 heavy (non-hydrogen) atoms. The van der Waals surface area contributed by atoms with Gasteiger partial charge in [-0.25, -0.2) is 9.89 Å². The lowest BCUT2D eigenvalue weighted by Crippen LogP contribution is -2.20. The van der Waals surface area contributed by atoms with Gasteiger partial charge in [0.15, 0.2) is 5.16 Å². The van der Waals surface area contributed by atoms with Gasteiger partial charge >= 0.3 is 5.69 Å². The Labute approximate surface area is 180 Å². The van der Waals surface area contributed by atoms with Gasteiger partial charge in [-0.1, -0.05) is 54.2 Å². The maximum absolute atomic E-state index is 12.2. The number of thioether (sulfide) groups is 1. The van der Waals surface area contributed by atoms with Crippen LogP contribution in [0.15, 0.2) is 64.5 Å². The molecule has 1 saturated heterocycles. The Kier molecular flexibility index (Phi) is 6.56. The van der Waals surface area contributed by atoms with Crippen LogP contribution in [-0.4, -0.2) is 47.3 Å². The van der Waals surface area contributed by atoms with Crippen molar-refractivity contribution < 1.29 is 4.74 Å². The number of hydrogen-bond acceptors (Lipinski definition) is 6. The van der Waals surface area contributed by atoms with Crippen molar-refractivity contribution >= 4 is 17.4 Å². The number of benzene rings is 2. The fourth-order valence-corrected chi connectivity index (χ4v) is 4.40.